The van der Waals surface area contributed by atoms with Gasteiger partial charge in [0.2, 0.25) is 0 Å². The van der Waals surface area contributed by atoms with Crippen molar-refractivity contribution in [3.63, 3.8) is 0 Å². The molecule has 0 aromatic heterocycles. The van der Waals surface area contributed by atoms with E-state index in [1.165, 1.54) is 88.7 Å². The van der Waals surface area contributed by atoms with Crippen LogP contribution in [0, 0.1) is 29.5 Å². The summed E-state index contributed by atoms with van der Waals surface area (Å²) in [7, 11) is 0. The molecule has 0 nitrogen and oxygen atoms in total. The zero-order chi connectivity index (χ0) is 19.1. The fraction of sp³-hybridized carbons (Fsp3) is 0.680. The highest BCUT2D eigenvalue weighted by Gasteiger charge is 2.30. The first-order valence-electron chi connectivity index (χ1n) is 11.2. The molecule has 1 aromatic carbocycles. The number of rotatable bonds is 8. The summed E-state index contributed by atoms with van der Waals surface area (Å²) in [6.07, 6.45) is 19.8. The molecule has 2 fully saturated rings. The van der Waals surface area contributed by atoms with E-state index in [1.807, 2.05) is 6.07 Å². The monoisotopic (exact) mass is 390 g/mol. The molecule has 0 N–H and O–H groups in total. The highest BCUT2D eigenvalue weighted by atomic mass is 35.5. The number of hydrogen-bond acceptors (Lipinski definition) is 0. The Morgan fingerprint density at radius 2 is 1.52 bits per heavy atom. The van der Waals surface area contributed by atoms with Gasteiger partial charge in [0.25, 0.3) is 0 Å². The largest absolute Gasteiger partial charge is 0.205 e. The molecule has 0 saturated heterocycles. The maximum atomic E-state index is 13.3. The third kappa shape index (κ3) is 6.34. The van der Waals surface area contributed by atoms with Crippen molar-refractivity contribution in [2.24, 2.45) is 23.7 Å². The van der Waals surface area contributed by atoms with Crippen LogP contribution in [0.1, 0.15) is 82.6 Å². The Morgan fingerprint density at radius 1 is 0.926 bits per heavy atom. The van der Waals surface area contributed by atoms with E-state index in [4.69, 9.17) is 11.6 Å². The number of allylic oxidation sites excluding steroid dienone is 1. The van der Waals surface area contributed by atoms with Crippen LogP contribution in [0.25, 0.3) is 0 Å². The Labute approximate surface area is 170 Å². The van der Waals surface area contributed by atoms with Crippen molar-refractivity contribution in [3.8, 4) is 0 Å². The Bertz CT molecular complexity index is 580. The molecule has 2 aliphatic carbocycles. The standard InChI is InChI=1S/C25H36ClF/c1-2-3-4-5-19-8-13-22(14-9-19)23-15-10-20(11-16-23)6-7-21-12-17-25(27)24(26)18-21/h2,12,17-20,22-23H,1,3-11,13-16H2/t19-,20?,22-,23?. The summed E-state index contributed by atoms with van der Waals surface area (Å²) in [5, 5.41) is 0.260. The van der Waals surface area contributed by atoms with Gasteiger partial charge < -0.3 is 0 Å². The van der Waals surface area contributed by atoms with Crippen LogP contribution in [0.4, 0.5) is 4.39 Å². The molecule has 1 aromatic rings. The van der Waals surface area contributed by atoms with E-state index in [2.05, 4.69) is 12.7 Å². The fourth-order valence-electron chi connectivity index (χ4n) is 5.51. The summed E-state index contributed by atoms with van der Waals surface area (Å²) in [5.74, 6) is 3.50. The molecule has 27 heavy (non-hydrogen) atoms. The molecule has 2 saturated carbocycles. The van der Waals surface area contributed by atoms with E-state index < -0.39 is 0 Å². The quantitative estimate of drug-likeness (QED) is 0.309. The predicted octanol–water partition coefficient (Wildman–Crippen LogP) is 8.38. The van der Waals surface area contributed by atoms with Crippen LogP contribution in [0.5, 0.6) is 0 Å². The van der Waals surface area contributed by atoms with Crippen LogP contribution in [-0.2, 0) is 6.42 Å². The Balaban J connectivity index is 1.34. The summed E-state index contributed by atoms with van der Waals surface area (Å²) in [4.78, 5) is 0. The SMILES string of the molecule is C=CCCC[C@H]1CC[C@H](C2CCC(CCc3ccc(F)c(Cl)c3)CC2)CC1. The van der Waals surface area contributed by atoms with Gasteiger partial charge in [-0.2, -0.15) is 0 Å². The van der Waals surface area contributed by atoms with Crippen molar-refractivity contribution in [1.29, 1.82) is 0 Å². The molecule has 0 bridgehead atoms. The second kappa shape index (κ2) is 10.6. The first kappa shape index (κ1) is 20.9. The normalized spacial score (nSPS) is 28.8. The third-order valence-corrected chi connectivity index (χ3v) is 7.59. The minimum absolute atomic E-state index is 0.260. The van der Waals surface area contributed by atoms with Crippen LogP contribution in [0.2, 0.25) is 5.02 Å². The number of halogens is 2. The topological polar surface area (TPSA) is 0 Å². The second-order valence-electron chi connectivity index (χ2n) is 9.07. The van der Waals surface area contributed by atoms with Crippen LogP contribution in [0.15, 0.2) is 30.9 Å². The van der Waals surface area contributed by atoms with Gasteiger partial charge in [0, 0.05) is 0 Å². The molecule has 3 rings (SSSR count). The van der Waals surface area contributed by atoms with Crippen molar-refractivity contribution >= 4 is 11.6 Å². The summed E-state index contributed by atoms with van der Waals surface area (Å²) in [6, 6.07) is 5.19. The molecule has 0 spiro atoms. The molecule has 2 heteroatoms. The van der Waals surface area contributed by atoms with Gasteiger partial charge in [-0.3, -0.25) is 0 Å². The van der Waals surface area contributed by atoms with E-state index in [0.717, 1.165) is 30.1 Å². The molecule has 0 radical (unpaired) electrons. The average molecular weight is 391 g/mol. The lowest BCUT2D eigenvalue weighted by Crippen LogP contribution is -2.26. The number of benzene rings is 1. The van der Waals surface area contributed by atoms with Crippen molar-refractivity contribution in [2.45, 2.75) is 83.5 Å². The maximum absolute atomic E-state index is 13.3. The molecule has 0 atom stereocenters. The van der Waals surface area contributed by atoms with Gasteiger partial charge in [-0.15, -0.1) is 6.58 Å². The fourth-order valence-corrected chi connectivity index (χ4v) is 5.72. The van der Waals surface area contributed by atoms with Gasteiger partial charge in [0.1, 0.15) is 5.82 Å². The average Bonchev–Trinajstić information content (AvgIpc) is 2.70. The van der Waals surface area contributed by atoms with Gasteiger partial charge in [0.05, 0.1) is 5.02 Å². The third-order valence-electron chi connectivity index (χ3n) is 7.30. The van der Waals surface area contributed by atoms with Gasteiger partial charge in [-0.25, -0.2) is 4.39 Å². The van der Waals surface area contributed by atoms with E-state index >= 15 is 0 Å². The van der Waals surface area contributed by atoms with Crippen LogP contribution in [-0.4, -0.2) is 0 Å². The lowest BCUT2D eigenvalue weighted by atomic mass is 9.68. The Hall–Kier alpha value is -0.820. The van der Waals surface area contributed by atoms with Gasteiger partial charge in [0.15, 0.2) is 0 Å². The summed E-state index contributed by atoms with van der Waals surface area (Å²) in [6.45, 7) is 3.84. The molecular weight excluding hydrogens is 355 g/mol. The summed E-state index contributed by atoms with van der Waals surface area (Å²) in [5.41, 5.74) is 1.18. The second-order valence-corrected chi connectivity index (χ2v) is 9.48. The van der Waals surface area contributed by atoms with Crippen molar-refractivity contribution in [2.75, 3.05) is 0 Å². The molecule has 0 heterocycles. The highest BCUT2D eigenvalue weighted by Crippen LogP contribution is 2.43. The zero-order valence-electron chi connectivity index (χ0n) is 16.8. The maximum Gasteiger partial charge on any atom is 0.141 e. The summed E-state index contributed by atoms with van der Waals surface area (Å²) >= 11 is 5.91. The molecule has 2 aliphatic rings. The zero-order valence-corrected chi connectivity index (χ0v) is 17.5. The van der Waals surface area contributed by atoms with E-state index in [1.54, 1.807) is 6.07 Å². The van der Waals surface area contributed by atoms with Gasteiger partial charge in [-0.05, 0) is 92.7 Å². The van der Waals surface area contributed by atoms with Crippen LogP contribution in [0.3, 0.4) is 0 Å². The van der Waals surface area contributed by atoms with Crippen molar-refractivity contribution < 1.29 is 4.39 Å². The molecule has 150 valence electrons. The molecule has 0 unspecified atom stereocenters. The number of hydrogen-bond donors (Lipinski definition) is 0. The van der Waals surface area contributed by atoms with E-state index in [0.29, 0.717) is 0 Å². The van der Waals surface area contributed by atoms with Crippen molar-refractivity contribution in [3.05, 3.63) is 47.3 Å². The molecule has 0 amide bonds. The van der Waals surface area contributed by atoms with Gasteiger partial charge in [-0.1, -0.05) is 55.8 Å². The highest BCUT2D eigenvalue weighted by molar-refractivity contribution is 6.30. The minimum Gasteiger partial charge on any atom is -0.205 e. The smallest absolute Gasteiger partial charge is 0.141 e. The van der Waals surface area contributed by atoms with E-state index in [-0.39, 0.29) is 10.8 Å². The molecular formula is C25H36ClF. The van der Waals surface area contributed by atoms with Crippen LogP contribution >= 0.6 is 11.6 Å². The predicted molar refractivity (Wildman–Crippen MR) is 115 cm³/mol. The van der Waals surface area contributed by atoms with Crippen LogP contribution < -0.4 is 0 Å². The number of aryl methyl sites for hydroxylation is 1. The first-order valence-corrected chi connectivity index (χ1v) is 11.6. The first-order chi connectivity index (χ1) is 13.2. The number of unbranched alkanes of at least 4 members (excludes halogenated alkanes) is 1. The van der Waals surface area contributed by atoms with Crippen molar-refractivity contribution in [1.82, 2.24) is 0 Å². The Kier molecular flexibility index (Phi) is 8.24. The van der Waals surface area contributed by atoms with Gasteiger partial charge >= 0.3 is 0 Å². The van der Waals surface area contributed by atoms with E-state index in [9.17, 15) is 4.39 Å². The summed E-state index contributed by atoms with van der Waals surface area (Å²) < 4.78 is 13.3. The minimum atomic E-state index is -0.309. The lowest BCUT2D eigenvalue weighted by Gasteiger charge is -2.38. The molecule has 0 aliphatic heterocycles. The Morgan fingerprint density at radius 3 is 2.07 bits per heavy atom. The lowest BCUT2D eigenvalue weighted by molar-refractivity contribution is 0.141.